The third kappa shape index (κ3) is 4.99. The zero-order valence-corrected chi connectivity index (χ0v) is 17.1. The van der Waals surface area contributed by atoms with Crippen LogP contribution in [-0.2, 0) is 4.74 Å². The zero-order valence-electron chi connectivity index (χ0n) is 16.3. The van der Waals surface area contributed by atoms with Crippen LogP contribution >= 0.6 is 12.2 Å². The SMILES string of the molecule is C[C@@H]1C[C@H](C)CN(c2cc(N3CCOCC3)nc(NC(=S)NC3CC3)n2)C1. The van der Waals surface area contributed by atoms with Crippen LogP contribution in [0.25, 0.3) is 0 Å². The van der Waals surface area contributed by atoms with Gasteiger partial charge in [0.05, 0.1) is 13.2 Å². The lowest BCUT2D eigenvalue weighted by Crippen LogP contribution is -2.40. The summed E-state index contributed by atoms with van der Waals surface area (Å²) >= 11 is 5.44. The van der Waals surface area contributed by atoms with Crippen molar-refractivity contribution in [2.75, 3.05) is 54.5 Å². The van der Waals surface area contributed by atoms with Gasteiger partial charge >= 0.3 is 0 Å². The highest BCUT2D eigenvalue weighted by atomic mass is 32.1. The van der Waals surface area contributed by atoms with Gasteiger partial charge < -0.3 is 25.2 Å². The molecule has 2 saturated heterocycles. The van der Waals surface area contributed by atoms with E-state index in [0.29, 0.717) is 28.9 Å². The fourth-order valence-corrected chi connectivity index (χ4v) is 4.25. The molecule has 0 amide bonds. The molecule has 8 heteroatoms. The van der Waals surface area contributed by atoms with E-state index in [9.17, 15) is 0 Å². The second-order valence-corrected chi connectivity index (χ2v) is 8.64. The van der Waals surface area contributed by atoms with Gasteiger partial charge in [0.1, 0.15) is 11.6 Å². The quantitative estimate of drug-likeness (QED) is 0.759. The Balaban J connectivity index is 1.57. The van der Waals surface area contributed by atoms with Gasteiger partial charge in [0, 0.05) is 38.3 Å². The lowest BCUT2D eigenvalue weighted by molar-refractivity contribution is 0.122. The Labute approximate surface area is 166 Å². The molecule has 2 N–H and O–H groups in total. The van der Waals surface area contributed by atoms with E-state index in [0.717, 1.165) is 51.0 Å². The van der Waals surface area contributed by atoms with Gasteiger partial charge in [-0.1, -0.05) is 13.8 Å². The maximum atomic E-state index is 5.50. The first-order valence-electron chi connectivity index (χ1n) is 10.1. The van der Waals surface area contributed by atoms with E-state index < -0.39 is 0 Å². The standard InChI is InChI=1S/C19H30N6OS/c1-13-9-14(2)12-25(11-13)17-10-16(24-5-7-26-8-6-24)21-18(22-17)23-19(27)20-15-3-4-15/h10,13-15H,3-9,11-12H2,1-2H3,(H2,20,21,22,23,27)/t13-,14+. The van der Waals surface area contributed by atoms with Crippen LogP contribution in [0.1, 0.15) is 33.1 Å². The molecule has 2 atom stereocenters. The van der Waals surface area contributed by atoms with Crippen molar-refractivity contribution in [1.29, 1.82) is 0 Å². The average Bonchev–Trinajstić information content (AvgIpc) is 3.45. The Hall–Kier alpha value is -1.67. The Morgan fingerprint density at radius 3 is 2.33 bits per heavy atom. The van der Waals surface area contributed by atoms with Gasteiger partial charge in [0.2, 0.25) is 5.95 Å². The second-order valence-electron chi connectivity index (χ2n) is 8.23. The van der Waals surface area contributed by atoms with E-state index in [1.54, 1.807) is 0 Å². The molecule has 148 valence electrons. The fraction of sp³-hybridized carbons (Fsp3) is 0.737. The van der Waals surface area contributed by atoms with Crippen molar-refractivity contribution in [3.63, 3.8) is 0 Å². The normalized spacial score (nSPS) is 26.0. The molecule has 0 unspecified atom stereocenters. The van der Waals surface area contributed by atoms with Crippen molar-refractivity contribution in [2.24, 2.45) is 11.8 Å². The molecular formula is C19H30N6OS. The van der Waals surface area contributed by atoms with Crippen LogP contribution in [0.5, 0.6) is 0 Å². The molecule has 3 aliphatic rings. The number of nitrogens with one attached hydrogen (secondary N) is 2. The minimum atomic E-state index is 0.510. The van der Waals surface area contributed by atoms with Crippen molar-refractivity contribution >= 4 is 34.9 Å². The summed E-state index contributed by atoms with van der Waals surface area (Å²) in [5.74, 6) is 3.86. The summed E-state index contributed by atoms with van der Waals surface area (Å²) in [6.07, 6.45) is 3.65. The molecule has 0 aromatic carbocycles. The monoisotopic (exact) mass is 390 g/mol. The first-order chi connectivity index (χ1) is 13.1. The molecule has 1 aromatic rings. The van der Waals surface area contributed by atoms with Gasteiger partial charge in [0.15, 0.2) is 5.11 Å². The molecule has 7 nitrogen and oxygen atoms in total. The van der Waals surface area contributed by atoms with Crippen LogP contribution in [0.4, 0.5) is 17.6 Å². The average molecular weight is 391 g/mol. The van der Waals surface area contributed by atoms with Crippen molar-refractivity contribution in [3.8, 4) is 0 Å². The van der Waals surface area contributed by atoms with E-state index in [-0.39, 0.29) is 0 Å². The Morgan fingerprint density at radius 1 is 1.07 bits per heavy atom. The number of morpholine rings is 1. The van der Waals surface area contributed by atoms with Crippen molar-refractivity contribution in [3.05, 3.63) is 6.07 Å². The van der Waals surface area contributed by atoms with E-state index in [4.69, 9.17) is 26.9 Å². The van der Waals surface area contributed by atoms with Gasteiger partial charge in [-0.2, -0.15) is 9.97 Å². The van der Waals surface area contributed by atoms with E-state index in [2.05, 4.69) is 40.3 Å². The minimum absolute atomic E-state index is 0.510. The molecule has 3 fully saturated rings. The highest BCUT2D eigenvalue weighted by molar-refractivity contribution is 7.80. The highest BCUT2D eigenvalue weighted by Gasteiger charge is 2.26. The summed E-state index contributed by atoms with van der Waals surface area (Å²) in [7, 11) is 0. The predicted molar refractivity (Wildman–Crippen MR) is 113 cm³/mol. The number of rotatable bonds is 4. The zero-order chi connectivity index (χ0) is 18.8. The molecule has 0 bridgehead atoms. The summed E-state index contributed by atoms with van der Waals surface area (Å²) in [6.45, 7) is 9.90. The smallest absolute Gasteiger partial charge is 0.232 e. The second kappa shape index (κ2) is 8.14. The molecule has 3 heterocycles. The first kappa shape index (κ1) is 18.7. The molecule has 27 heavy (non-hydrogen) atoms. The molecule has 1 saturated carbocycles. The summed E-state index contributed by atoms with van der Waals surface area (Å²) in [5, 5.41) is 7.13. The topological polar surface area (TPSA) is 65.6 Å². The van der Waals surface area contributed by atoms with Crippen LogP contribution < -0.4 is 20.4 Å². The molecule has 1 aromatic heterocycles. The molecule has 1 aliphatic carbocycles. The summed E-state index contributed by atoms with van der Waals surface area (Å²) in [5.41, 5.74) is 0. The van der Waals surface area contributed by atoms with Crippen molar-refractivity contribution in [1.82, 2.24) is 15.3 Å². The van der Waals surface area contributed by atoms with Gasteiger partial charge in [-0.3, -0.25) is 0 Å². The number of anilines is 3. The lowest BCUT2D eigenvalue weighted by atomic mass is 9.92. The Kier molecular flexibility index (Phi) is 5.63. The van der Waals surface area contributed by atoms with Crippen LogP contribution in [0.15, 0.2) is 6.07 Å². The number of aromatic nitrogens is 2. The number of thiocarbonyl (C=S) groups is 1. The Morgan fingerprint density at radius 2 is 1.70 bits per heavy atom. The van der Waals surface area contributed by atoms with E-state index >= 15 is 0 Å². The number of nitrogens with zero attached hydrogens (tertiary/aromatic N) is 4. The third-order valence-electron chi connectivity index (χ3n) is 5.36. The van der Waals surface area contributed by atoms with Gasteiger partial charge in [0.25, 0.3) is 0 Å². The van der Waals surface area contributed by atoms with Crippen molar-refractivity contribution in [2.45, 2.75) is 39.2 Å². The minimum Gasteiger partial charge on any atom is -0.378 e. The van der Waals surface area contributed by atoms with Crippen LogP contribution in [0.3, 0.4) is 0 Å². The van der Waals surface area contributed by atoms with E-state index in [1.807, 2.05) is 0 Å². The maximum Gasteiger partial charge on any atom is 0.232 e. The summed E-state index contributed by atoms with van der Waals surface area (Å²) in [6, 6.07) is 2.63. The van der Waals surface area contributed by atoms with Crippen LogP contribution in [-0.4, -0.2) is 60.5 Å². The summed E-state index contributed by atoms with van der Waals surface area (Å²) < 4.78 is 5.50. The lowest BCUT2D eigenvalue weighted by Gasteiger charge is -2.36. The molecule has 0 spiro atoms. The van der Waals surface area contributed by atoms with Gasteiger partial charge in [-0.15, -0.1) is 0 Å². The molecule has 0 radical (unpaired) electrons. The van der Waals surface area contributed by atoms with Crippen molar-refractivity contribution < 1.29 is 4.74 Å². The molecular weight excluding hydrogens is 360 g/mol. The predicted octanol–water partition coefficient (Wildman–Crippen LogP) is 2.24. The Bertz CT molecular complexity index is 666. The summed E-state index contributed by atoms with van der Waals surface area (Å²) in [4.78, 5) is 14.2. The fourth-order valence-electron chi connectivity index (χ4n) is 4.00. The van der Waals surface area contributed by atoms with E-state index in [1.165, 1.54) is 19.3 Å². The maximum absolute atomic E-state index is 5.50. The molecule has 4 rings (SSSR count). The van der Waals surface area contributed by atoms with Gasteiger partial charge in [-0.25, -0.2) is 0 Å². The highest BCUT2D eigenvalue weighted by Crippen LogP contribution is 2.28. The van der Waals surface area contributed by atoms with Crippen LogP contribution in [0.2, 0.25) is 0 Å². The molecule has 2 aliphatic heterocycles. The number of hydrogen-bond acceptors (Lipinski definition) is 6. The van der Waals surface area contributed by atoms with Crippen LogP contribution in [0, 0.1) is 11.8 Å². The van der Waals surface area contributed by atoms with Gasteiger partial charge in [-0.05, 0) is 43.3 Å². The largest absolute Gasteiger partial charge is 0.378 e. The number of piperidine rings is 1. The third-order valence-corrected chi connectivity index (χ3v) is 5.58. The number of hydrogen-bond donors (Lipinski definition) is 2. The number of ether oxygens (including phenoxy) is 1. The first-order valence-corrected chi connectivity index (χ1v) is 10.5.